The summed E-state index contributed by atoms with van der Waals surface area (Å²) in [7, 11) is 0. The van der Waals surface area contributed by atoms with Gasteiger partial charge in [0, 0.05) is 6.92 Å². The first-order valence-electron chi connectivity index (χ1n) is 5.57. The van der Waals surface area contributed by atoms with E-state index in [0.717, 1.165) is 23.4 Å². The maximum Gasteiger partial charge on any atom is 0.192 e. The molecule has 2 heteroatoms. The van der Waals surface area contributed by atoms with Gasteiger partial charge >= 0.3 is 0 Å². The highest BCUT2D eigenvalue weighted by atomic mass is 16.3. The van der Waals surface area contributed by atoms with Gasteiger partial charge in [-0.1, -0.05) is 20.8 Å². The average Bonchev–Trinajstić information content (AvgIpc) is 2.59. The van der Waals surface area contributed by atoms with E-state index in [-0.39, 0.29) is 0 Å². The van der Waals surface area contributed by atoms with E-state index in [1.165, 1.54) is 11.1 Å². The van der Waals surface area contributed by atoms with Gasteiger partial charge < -0.3 is 4.42 Å². The second-order valence-electron chi connectivity index (χ2n) is 3.33. The highest BCUT2D eigenvalue weighted by Crippen LogP contribution is 2.20. The van der Waals surface area contributed by atoms with Crippen LogP contribution in [0, 0.1) is 13.8 Å². The van der Waals surface area contributed by atoms with E-state index >= 15 is 0 Å². The minimum Gasteiger partial charge on any atom is -0.441 e. The molecule has 0 N–H and O–H groups in total. The van der Waals surface area contributed by atoms with Gasteiger partial charge in [-0.2, -0.15) is 0 Å². The first-order chi connectivity index (χ1) is 7.20. The Morgan fingerprint density at radius 3 is 2.47 bits per heavy atom. The summed E-state index contributed by atoms with van der Waals surface area (Å²) >= 11 is 0. The van der Waals surface area contributed by atoms with Gasteiger partial charge in [-0.05, 0) is 36.6 Å². The topological polar surface area (TPSA) is 26.0 Å². The molecule has 2 nitrogen and oxygen atoms in total. The van der Waals surface area contributed by atoms with Crippen LogP contribution < -0.4 is 0 Å². The molecule has 0 aliphatic carbocycles. The lowest BCUT2D eigenvalue weighted by Crippen LogP contribution is -1.85. The van der Waals surface area contributed by atoms with E-state index in [9.17, 15) is 0 Å². The van der Waals surface area contributed by atoms with Crippen LogP contribution in [-0.2, 0) is 6.42 Å². The molecule has 82 valence electrons. The van der Waals surface area contributed by atoms with E-state index in [0.29, 0.717) is 0 Å². The van der Waals surface area contributed by atoms with Gasteiger partial charge in [0.2, 0.25) is 0 Å². The molecular weight excluding hydrogens is 186 g/mol. The molecule has 0 aliphatic heterocycles. The van der Waals surface area contributed by atoms with Crippen LogP contribution >= 0.6 is 0 Å². The largest absolute Gasteiger partial charge is 0.441 e. The molecule has 0 radical (unpaired) electrons. The Morgan fingerprint density at radius 2 is 1.87 bits per heavy atom. The summed E-state index contributed by atoms with van der Waals surface area (Å²) in [6, 6.07) is 4.18. The zero-order valence-corrected chi connectivity index (χ0v) is 10.2. The standard InChI is InChI=1S/C11H13NO.C2H6/c1-4-9-6-10-11(5-7(9)2)13-8(3)12-10;1-2/h5-6H,4H2,1-3H3;1-2H3. The molecule has 0 fully saturated rings. The Hall–Kier alpha value is -1.31. The lowest BCUT2D eigenvalue weighted by atomic mass is 10.1. The first kappa shape index (κ1) is 11.8. The van der Waals surface area contributed by atoms with Crippen molar-refractivity contribution in [2.45, 2.75) is 41.0 Å². The molecule has 0 saturated carbocycles. The first-order valence-corrected chi connectivity index (χ1v) is 5.57. The van der Waals surface area contributed by atoms with Gasteiger partial charge in [0.1, 0.15) is 5.52 Å². The van der Waals surface area contributed by atoms with E-state index in [1.54, 1.807) is 0 Å². The van der Waals surface area contributed by atoms with Crippen LogP contribution in [0.2, 0.25) is 0 Å². The number of aromatic nitrogens is 1. The number of aryl methyl sites for hydroxylation is 3. The van der Waals surface area contributed by atoms with Crippen LogP contribution in [0.5, 0.6) is 0 Å². The van der Waals surface area contributed by atoms with Gasteiger partial charge in [0.15, 0.2) is 11.5 Å². The molecule has 2 aromatic rings. The summed E-state index contributed by atoms with van der Waals surface area (Å²) in [6.45, 7) is 10.1. The van der Waals surface area contributed by atoms with Crippen molar-refractivity contribution in [2.24, 2.45) is 0 Å². The van der Waals surface area contributed by atoms with E-state index < -0.39 is 0 Å². The third kappa shape index (κ3) is 2.38. The normalized spacial score (nSPS) is 9.93. The summed E-state index contributed by atoms with van der Waals surface area (Å²) in [5, 5.41) is 0. The summed E-state index contributed by atoms with van der Waals surface area (Å²) in [6.07, 6.45) is 1.05. The van der Waals surface area contributed by atoms with Crippen molar-refractivity contribution in [2.75, 3.05) is 0 Å². The van der Waals surface area contributed by atoms with Gasteiger partial charge in [-0.3, -0.25) is 0 Å². The summed E-state index contributed by atoms with van der Waals surface area (Å²) in [5.41, 5.74) is 4.50. The highest BCUT2D eigenvalue weighted by Gasteiger charge is 2.04. The van der Waals surface area contributed by atoms with Crippen LogP contribution in [0.3, 0.4) is 0 Å². The molecule has 0 amide bonds. The number of hydrogen-bond donors (Lipinski definition) is 0. The summed E-state index contributed by atoms with van der Waals surface area (Å²) in [5.74, 6) is 0.739. The Balaban J connectivity index is 0.000000531. The minimum absolute atomic E-state index is 0.739. The zero-order valence-electron chi connectivity index (χ0n) is 10.2. The van der Waals surface area contributed by atoms with E-state index in [4.69, 9.17) is 4.42 Å². The lowest BCUT2D eigenvalue weighted by molar-refractivity contribution is 0.561. The molecule has 2 rings (SSSR count). The monoisotopic (exact) mass is 205 g/mol. The van der Waals surface area contributed by atoms with Crippen LogP contribution in [-0.4, -0.2) is 4.98 Å². The molecule has 15 heavy (non-hydrogen) atoms. The number of rotatable bonds is 1. The third-order valence-electron chi connectivity index (χ3n) is 2.33. The van der Waals surface area contributed by atoms with Crippen molar-refractivity contribution in [3.8, 4) is 0 Å². The lowest BCUT2D eigenvalue weighted by Gasteiger charge is -2.00. The summed E-state index contributed by atoms with van der Waals surface area (Å²) < 4.78 is 5.44. The van der Waals surface area contributed by atoms with Gasteiger partial charge in [0.05, 0.1) is 0 Å². The predicted octanol–water partition coefficient (Wildman–Crippen LogP) is 4.03. The Morgan fingerprint density at radius 1 is 1.20 bits per heavy atom. The van der Waals surface area contributed by atoms with Crippen molar-refractivity contribution >= 4 is 11.1 Å². The maximum absolute atomic E-state index is 5.44. The highest BCUT2D eigenvalue weighted by molar-refractivity contribution is 5.74. The van der Waals surface area contributed by atoms with Crippen LogP contribution in [0.15, 0.2) is 16.5 Å². The minimum atomic E-state index is 0.739. The smallest absolute Gasteiger partial charge is 0.192 e. The third-order valence-corrected chi connectivity index (χ3v) is 2.33. The Labute approximate surface area is 91.3 Å². The van der Waals surface area contributed by atoms with Crippen LogP contribution in [0.1, 0.15) is 37.8 Å². The molecule has 0 bridgehead atoms. The molecule has 0 saturated heterocycles. The molecule has 0 atom stereocenters. The second-order valence-corrected chi connectivity index (χ2v) is 3.33. The molecule has 0 unspecified atom stereocenters. The fourth-order valence-electron chi connectivity index (χ4n) is 1.61. The van der Waals surface area contributed by atoms with E-state index in [2.05, 4.69) is 31.0 Å². The average molecular weight is 205 g/mol. The SMILES string of the molecule is CC.CCc1cc2nc(C)oc2cc1C. The van der Waals surface area contributed by atoms with E-state index in [1.807, 2.05) is 20.8 Å². The quantitative estimate of drug-likeness (QED) is 0.702. The zero-order chi connectivity index (χ0) is 11.4. The van der Waals surface area contributed by atoms with Crippen molar-refractivity contribution in [1.29, 1.82) is 0 Å². The number of nitrogens with zero attached hydrogens (tertiary/aromatic N) is 1. The van der Waals surface area contributed by atoms with Crippen molar-refractivity contribution < 1.29 is 4.42 Å². The number of fused-ring (bicyclic) bond motifs is 1. The second kappa shape index (κ2) is 4.96. The van der Waals surface area contributed by atoms with Gasteiger partial charge in [0.25, 0.3) is 0 Å². The molecule has 1 heterocycles. The number of hydrogen-bond acceptors (Lipinski definition) is 2. The van der Waals surface area contributed by atoms with Crippen molar-refractivity contribution in [3.63, 3.8) is 0 Å². The van der Waals surface area contributed by atoms with Crippen molar-refractivity contribution in [3.05, 3.63) is 29.2 Å². The van der Waals surface area contributed by atoms with Crippen LogP contribution in [0.25, 0.3) is 11.1 Å². The predicted molar refractivity (Wildman–Crippen MR) is 64.2 cm³/mol. The molecule has 0 aliphatic rings. The Kier molecular flexibility index (Phi) is 3.89. The maximum atomic E-state index is 5.44. The molecule has 0 spiro atoms. The van der Waals surface area contributed by atoms with Gasteiger partial charge in [-0.15, -0.1) is 0 Å². The van der Waals surface area contributed by atoms with Gasteiger partial charge in [-0.25, -0.2) is 4.98 Å². The molecule has 1 aromatic carbocycles. The Bertz CT molecular complexity index is 443. The fraction of sp³-hybridized carbons (Fsp3) is 0.462. The fourth-order valence-corrected chi connectivity index (χ4v) is 1.61. The number of oxazole rings is 1. The molecular formula is C13H19NO. The van der Waals surface area contributed by atoms with Crippen LogP contribution in [0.4, 0.5) is 0 Å². The molecule has 1 aromatic heterocycles. The summed E-state index contributed by atoms with van der Waals surface area (Å²) in [4.78, 5) is 4.30. The van der Waals surface area contributed by atoms with Crippen molar-refractivity contribution in [1.82, 2.24) is 4.98 Å². The number of benzene rings is 1.